The molecular formula is C17H22N4O2S. The molecule has 0 fully saturated rings. The molecule has 1 N–H and O–H groups in total. The summed E-state index contributed by atoms with van der Waals surface area (Å²) in [6, 6.07) is 7.31. The number of para-hydroxylation sites is 2. The van der Waals surface area contributed by atoms with E-state index in [0.717, 1.165) is 5.82 Å². The van der Waals surface area contributed by atoms with Crippen molar-refractivity contribution in [3.63, 3.8) is 0 Å². The van der Waals surface area contributed by atoms with Gasteiger partial charge in [0.15, 0.2) is 5.16 Å². The first-order chi connectivity index (χ1) is 11.6. The predicted molar refractivity (Wildman–Crippen MR) is 96.7 cm³/mol. The maximum Gasteiger partial charge on any atom is 0.234 e. The van der Waals surface area contributed by atoms with Crippen molar-refractivity contribution in [2.45, 2.75) is 31.5 Å². The van der Waals surface area contributed by atoms with Crippen LogP contribution in [0.4, 0.5) is 5.69 Å². The standard InChI is InChI=1S/C17H22N4O2S/c1-5-10-21-16(12(2)3)19-20-17(21)24-11-15(22)18-13-8-6-7-9-14(13)23-4/h5-9,12H,1,10-11H2,2-4H3,(H,18,22). The Morgan fingerprint density at radius 1 is 1.42 bits per heavy atom. The molecule has 1 heterocycles. The molecule has 0 bridgehead atoms. The number of aromatic nitrogens is 3. The summed E-state index contributed by atoms with van der Waals surface area (Å²) in [6.07, 6.45) is 1.80. The lowest BCUT2D eigenvalue weighted by Crippen LogP contribution is -2.15. The van der Waals surface area contributed by atoms with E-state index < -0.39 is 0 Å². The highest BCUT2D eigenvalue weighted by molar-refractivity contribution is 7.99. The van der Waals surface area contributed by atoms with Crippen molar-refractivity contribution >= 4 is 23.4 Å². The third kappa shape index (κ3) is 4.38. The number of anilines is 1. The van der Waals surface area contributed by atoms with Crippen LogP contribution in [-0.2, 0) is 11.3 Å². The van der Waals surface area contributed by atoms with E-state index in [2.05, 4.69) is 35.9 Å². The molecule has 0 radical (unpaired) electrons. The number of allylic oxidation sites excluding steroid dienone is 1. The molecular weight excluding hydrogens is 324 g/mol. The molecule has 0 saturated carbocycles. The van der Waals surface area contributed by atoms with E-state index in [-0.39, 0.29) is 17.6 Å². The van der Waals surface area contributed by atoms with Crippen molar-refractivity contribution < 1.29 is 9.53 Å². The second-order valence-electron chi connectivity index (χ2n) is 5.43. The van der Waals surface area contributed by atoms with Crippen molar-refractivity contribution in [3.05, 3.63) is 42.7 Å². The van der Waals surface area contributed by atoms with Gasteiger partial charge in [-0.1, -0.05) is 43.8 Å². The number of rotatable bonds is 8. The first-order valence-electron chi connectivity index (χ1n) is 7.66. The van der Waals surface area contributed by atoms with Gasteiger partial charge in [0, 0.05) is 12.5 Å². The predicted octanol–water partition coefficient (Wildman–Crippen LogP) is 3.33. The topological polar surface area (TPSA) is 69.0 Å². The molecule has 6 nitrogen and oxygen atoms in total. The van der Waals surface area contributed by atoms with Gasteiger partial charge in [-0.15, -0.1) is 16.8 Å². The number of methoxy groups -OCH3 is 1. The molecule has 7 heteroatoms. The zero-order valence-electron chi connectivity index (χ0n) is 14.2. The van der Waals surface area contributed by atoms with Crippen LogP contribution in [0.25, 0.3) is 0 Å². The van der Waals surface area contributed by atoms with Crippen molar-refractivity contribution in [3.8, 4) is 5.75 Å². The summed E-state index contributed by atoms with van der Waals surface area (Å²) in [5, 5.41) is 12.0. The Labute approximate surface area is 146 Å². The highest BCUT2D eigenvalue weighted by atomic mass is 32.2. The lowest BCUT2D eigenvalue weighted by atomic mass is 10.2. The van der Waals surface area contributed by atoms with Crippen molar-refractivity contribution in [1.82, 2.24) is 14.8 Å². The minimum atomic E-state index is -0.122. The molecule has 0 saturated heterocycles. The van der Waals surface area contributed by atoms with E-state index >= 15 is 0 Å². The van der Waals surface area contributed by atoms with Crippen LogP contribution in [0, 0.1) is 0 Å². The third-order valence-corrected chi connectivity index (χ3v) is 4.25. The summed E-state index contributed by atoms with van der Waals surface area (Å²) in [6.45, 7) is 8.51. The number of ether oxygens (including phenoxy) is 1. The fourth-order valence-electron chi connectivity index (χ4n) is 2.20. The van der Waals surface area contributed by atoms with Crippen LogP contribution in [0.5, 0.6) is 5.75 Å². The summed E-state index contributed by atoms with van der Waals surface area (Å²) in [5.41, 5.74) is 0.654. The quantitative estimate of drug-likeness (QED) is 0.586. The highest BCUT2D eigenvalue weighted by Crippen LogP contribution is 2.25. The number of nitrogens with one attached hydrogen (secondary N) is 1. The van der Waals surface area contributed by atoms with Crippen molar-refractivity contribution in [2.24, 2.45) is 0 Å². The maximum absolute atomic E-state index is 12.2. The first-order valence-corrected chi connectivity index (χ1v) is 8.65. The Balaban J connectivity index is 2.03. The highest BCUT2D eigenvalue weighted by Gasteiger charge is 2.16. The second kappa shape index (κ2) is 8.54. The van der Waals surface area contributed by atoms with Crippen molar-refractivity contribution in [1.29, 1.82) is 0 Å². The Bertz CT molecular complexity index is 712. The van der Waals surface area contributed by atoms with Crippen LogP contribution in [-0.4, -0.2) is 33.5 Å². The molecule has 24 heavy (non-hydrogen) atoms. The Kier molecular flexibility index (Phi) is 6.43. The van der Waals surface area contributed by atoms with Gasteiger partial charge in [0.05, 0.1) is 18.6 Å². The van der Waals surface area contributed by atoms with Crippen LogP contribution in [0.2, 0.25) is 0 Å². The van der Waals surface area contributed by atoms with Gasteiger partial charge in [-0.3, -0.25) is 4.79 Å². The van der Waals surface area contributed by atoms with E-state index in [1.807, 2.05) is 16.7 Å². The van der Waals surface area contributed by atoms with E-state index in [1.165, 1.54) is 11.8 Å². The molecule has 0 unspecified atom stereocenters. The van der Waals surface area contributed by atoms with Crippen LogP contribution in [0.3, 0.4) is 0 Å². The minimum absolute atomic E-state index is 0.122. The van der Waals surface area contributed by atoms with E-state index in [9.17, 15) is 4.79 Å². The zero-order chi connectivity index (χ0) is 17.5. The van der Waals surface area contributed by atoms with Crippen LogP contribution >= 0.6 is 11.8 Å². The minimum Gasteiger partial charge on any atom is -0.495 e. The second-order valence-corrected chi connectivity index (χ2v) is 6.37. The van der Waals surface area contributed by atoms with Gasteiger partial charge in [0.2, 0.25) is 5.91 Å². The van der Waals surface area contributed by atoms with Crippen LogP contribution < -0.4 is 10.1 Å². The number of hydrogen-bond donors (Lipinski definition) is 1. The summed E-state index contributed by atoms with van der Waals surface area (Å²) in [7, 11) is 1.57. The van der Waals surface area contributed by atoms with E-state index in [1.54, 1.807) is 25.3 Å². The number of benzene rings is 1. The number of nitrogens with zero attached hydrogens (tertiary/aromatic N) is 3. The third-order valence-electron chi connectivity index (χ3n) is 3.29. The largest absolute Gasteiger partial charge is 0.495 e. The number of carbonyl (C=O) groups is 1. The Morgan fingerprint density at radius 2 is 2.17 bits per heavy atom. The molecule has 128 valence electrons. The van der Waals surface area contributed by atoms with Crippen LogP contribution in [0.1, 0.15) is 25.6 Å². The van der Waals surface area contributed by atoms with Crippen LogP contribution in [0.15, 0.2) is 42.1 Å². The lowest BCUT2D eigenvalue weighted by molar-refractivity contribution is -0.113. The number of thioether (sulfide) groups is 1. The Hall–Kier alpha value is -2.28. The normalized spacial score (nSPS) is 10.7. The van der Waals surface area contributed by atoms with Gasteiger partial charge < -0.3 is 14.6 Å². The fourth-order valence-corrected chi connectivity index (χ4v) is 2.95. The number of hydrogen-bond acceptors (Lipinski definition) is 5. The zero-order valence-corrected chi connectivity index (χ0v) is 15.0. The van der Waals surface area contributed by atoms with Crippen molar-refractivity contribution in [2.75, 3.05) is 18.2 Å². The number of amides is 1. The fraction of sp³-hybridized carbons (Fsp3) is 0.353. The smallest absolute Gasteiger partial charge is 0.234 e. The molecule has 1 amide bonds. The molecule has 0 aliphatic carbocycles. The van der Waals surface area contributed by atoms with Gasteiger partial charge in [-0.25, -0.2) is 0 Å². The first kappa shape index (κ1) is 18.1. The maximum atomic E-state index is 12.2. The molecule has 1 aromatic heterocycles. The Morgan fingerprint density at radius 3 is 2.83 bits per heavy atom. The van der Waals surface area contributed by atoms with E-state index in [4.69, 9.17) is 4.74 Å². The average Bonchev–Trinajstić information content (AvgIpc) is 2.97. The SMILES string of the molecule is C=CCn1c(SCC(=O)Nc2ccccc2OC)nnc1C(C)C. The molecule has 2 rings (SSSR count). The summed E-state index contributed by atoms with van der Waals surface area (Å²) >= 11 is 1.35. The van der Waals surface area contributed by atoms with Gasteiger partial charge in [0.25, 0.3) is 0 Å². The lowest BCUT2D eigenvalue weighted by Gasteiger charge is -2.11. The van der Waals surface area contributed by atoms with Gasteiger partial charge in [-0.05, 0) is 12.1 Å². The molecule has 0 aliphatic rings. The summed E-state index contributed by atoms with van der Waals surface area (Å²) in [4.78, 5) is 12.2. The molecule has 0 aliphatic heterocycles. The van der Waals surface area contributed by atoms with Gasteiger partial charge in [0.1, 0.15) is 11.6 Å². The monoisotopic (exact) mass is 346 g/mol. The molecule has 1 aromatic carbocycles. The molecule has 2 aromatic rings. The number of carbonyl (C=O) groups excluding carboxylic acids is 1. The summed E-state index contributed by atoms with van der Waals surface area (Å²) in [5.74, 6) is 1.90. The van der Waals surface area contributed by atoms with Gasteiger partial charge in [-0.2, -0.15) is 0 Å². The van der Waals surface area contributed by atoms with E-state index in [0.29, 0.717) is 23.1 Å². The average molecular weight is 346 g/mol. The molecule has 0 atom stereocenters. The summed E-state index contributed by atoms with van der Waals surface area (Å²) < 4.78 is 7.22. The van der Waals surface area contributed by atoms with Gasteiger partial charge >= 0.3 is 0 Å². The molecule has 0 spiro atoms.